The predicted octanol–water partition coefficient (Wildman–Crippen LogP) is 3.13. The van der Waals surface area contributed by atoms with Crippen molar-refractivity contribution in [2.24, 2.45) is 17.8 Å². The zero-order valence-electron chi connectivity index (χ0n) is 19.2. The van der Waals surface area contributed by atoms with Crippen molar-refractivity contribution in [2.75, 3.05) is 45.9 Å². The largest absolute Gasteiger partial charge is 0.392 e. The molecule has 5 atom stereocenters. The van der Waals surface area contributed by atoms with Gasteiger partial charge in [-0.15, -0.1) is 0 Å². The van der Waals surface area contributed by atoms with Crippen molar-refractivity contribution in [2.45, 2.75) is 70.5 Å². The fraction of sp³-hybridized carbons (Fsp3) is 0.840. The lowest BCUT2D eigenvalue weighted by Gasteiger charge is -2.26. The predicted molar refractivity (Wildman–Crippen MR) is 122 cm³/mol. The average Bonchev–Trinajstić information content (AvgIpc) is 3.24. The van der Waals surface area contributed by atoms with E-state index in [0.717, 1.165) is 84.5 Å². The van der Waals surface area contributed by atoms with Gasteiger partial charge in [-0.25, -0.2) is 0 Å². The Kier molecular flexibility index (Phi) is 9.39. The third-order valence-electron chi connectivity index (χ3n) is 7.27. The first-order valence-corrected chi connectivity index (χ1v) is 12.3. The molecule has 0 aromatic carbocycles. The first-order valence-electron chi connectivity index (χ1n) is 12.3. The maximum atomic E-state index is 10.6. The van der Waals surface area contributed by atoms with Gasteiger partial charge in [-0.1, -0.05) is 43.6 Å². The van der Waals surface area contributed by atoms with Gasteiger partial charge in [0.1, 0.15) is 0 Å². The molecule has 1 saturated carbocycles. The van der Waals surface area contributed by atoms with E-state index in [2.05, 4.69) is 35.4 Å². The number of aliphatic hydroxyl groups is 2. The lowest BCUT2D eigenvalue weighted by atomic mass is 9.88. The topological polar surface area (TPSA) is 65.0 Å². The number of morpholine rings is 1. The van der Waals surface area contributed by atoms with Crippen molar-refractivity contribution < 1.29 is 14.9 Å². The van der Waals surface area contributed by atoms with Crippen LogP contribution in [0.4, 0.5) is 0 Å². The Morgan fingerprint density at radius 3 is 2.87 bits per heavy atom. The summed E-state index contributed by atoms with van der Waals surface area (Å²) in [7, 11) is 0. The number of nitrogens with zero attached hydrogens (tertiary/aromatic N) is 1. The molecule has 3 aliphatic rings. The van der Waals surface area contributed by atoms with Gasteiger partial charge in [0.2, 0.25) is 0 Å². The van der Waals surface area contributed by atoms with E-state index in [9.17, 15) is 10.2 Å². The average molecular weight is 421 g/mol. The molecule has 30 heavy (non-hydrogen) atoms. The van der Waals surface area contributed by atoms with Crippen LogP contribution in [0.3, 0.4) is 0 Å². The number of hydrogen-bond donors (Lipinski definition) is 3. The molecule has 5 heteroatoms. The zero-order chi connectivity index (χ0) is 21.4. The van der Waals surface area contributed by atoms with E-state index in [4.69, 9.17) is 4.74 Å². The molecule has 3 N–H and O–H groups in total. The van der Waals surface area contributed by atoms with Gasteiger partial charge in [0.05, 0.1) is 24.9 Å². The van der Waals surface area contributed by atoms with Crippen molar-refractivity contribution in [3.63, 3.8) is 0 Å². The van der Waals surface area contributed by atoms with Crippen molar-refractivity contribution in [1.82, 2.24) is 10.2 Å². The van der Waals surface area contributed by atoms with E-state index >= 15 is 0 Å². The van der Waals surface area contributed by atoms with Crippen molar-refractivity contribution >= 4 is 0 Å². The Bertz CT molecular complexity index is 569. The fourth-order valence-corrected chi connectivity index (χ4v) is 5.37. The summed E-state index contributed by atoms with van der Waals surface area (Å²) in [4.78, 5) is 2.47. The number of nitrogens with one attached hydrogen (secondary N) is 1. The van der Waals surface area contributed by atoms with Gasteiger partial charge in [0.15, 0.2) is 0 Å². The molecule has 0 radical (unpaired) electrons. The molecule has 172 valence electrons. The molecule has 0 aromatic heterocycles. The van der Waals surface area contributed by atoms with E-state index < -0.39 is 5.60 Å². The summed E-state index contributed by atoms with van der Waals surface area (Å²) in [5.41, 5.74) is 0.936. The van der Waals surface area contributed by atoms with Gasteiger partial charge in [-0.2, -0.15) is 0 Å². The molecule has 1 aliphatic heterocycles. The summed E-state index contributed by atoms with van der Waals surface area (Å²) >= 11 is 0. The van der Waals surface area contributed by atoms with Gasteiger partial charge < -0.3 is 20.3 Å². The number of aliphatic hydroxyl groups excluding tert-OH is 1. The summed E-state index contributed by atoms with van der Waals surface area (Å²) in [5.74, 6) is 1.30. The van der Waals surface area contributed by atoms with Crippen LogP contribution in [0.1, 0.15) is 58.8 Å². The minimum Gasteiger partial charge on any atom is -0.392 e. The van der Waals surface area contributed by atoms with Crippen LogP contribution >= 0.6 is 0 Å². The molecule has 2 fully saturated rings. The summed E-state index contributed by atoms with van der Waals surface area (Å²) < 4.78 is 5.40. The molecule has 3 rings (SSSR count). The molecule has 1 saturated heterocycles. The van der Waals surface area contributed by atoms with Crippen molar-refractivity contribution in [3.05, 3.63) is 23.8 Å². The minimum atomic E-state index is -0.624. The highest BCUT2D eigenvalue weighted by atomic mass is 16.5. The standard InChI is InChI=1S/C25H44N2O3/c1-3-4-8-25(2,29)9-5-6-22-23-18-20(17-21(23)19-24(22)28)7-10-26-11-12-27-13-15-30-16-14-27/h5-6,17,21-24,26,28-29H,3-4,7-16,18-19H2,1-2H3/b6-5+/t21-,22+,23-,24+,25-/m0/s1. The fourth-order valence-electron chi connectivity index (χ4n) is 5.37. The van der Waals surface area contributed by atoms with Gasteiger partial charge >= 0.3 is 0 Å². The maximum Gasteiger partial charge on any atom is 0.0654 e. The molecule has 0 unspecified atom stereocenters. The van der Waals surface area contributed by atoms with Gasteiger partial charge in [-0.3, -0.25) is 4.90 Å². The van der Waals surface area contributed by atoms with Crippen LogP contribution in [-0.4, -0.2) is 72.8 Å². The van der Waals surface area contributed by atoms with E-state index in [1.807, 2.05) is 6.92 Å². The lowest BCUT2D eigenvalue weighted by Crippen LogP contribution is -2.40. The third-order valence-corrected chi connectivity index (χ3v) is 7.27. The van der Waals surface area contributed by atoms with Crippen LogP contribution in [0.5, 0.6) is 0 Å². The second-order valence-electron chi connectivity index (χ2n) is 9.92. The van der Waals surface area contributed by atoms with Crippen molar-refractivity contribution in [1.29, 1.82) is 0 Å². The normalized spacial score (nSPS) is 31.8. The second-order valence-corrected chi connectivity index (χ2v) is 9.92. The molecule has 2 aliphatic carbocycles. The number of ether oxygens (including phenoxy) is 1. The highest BCUT2D eigenvalue weighted by Gasteiger charge is 2.43. The number of unbranched alkanes of at least 4 members (excludes halogenated alkanes) is 1. The maximum absolute atomic E-state index is 10.6. The van der Waals surface area contributed by atoms with Crippen LogP contribution in [-0.2, 0) is 4.74 Å². The SMILES string of the molecule is CCCC[C@](C)(O)C/C=C/[C@@H]1[C@H]2CC(CCNCCN3CCOCC3)=C[C@H]2C[C@H]1O. The molecule has 0 amide bonds. The molecular formula is C25H44N2O3. The molecule has 1 heterocycles. The number of hydrogen-bond acceptors (Lipinski definition) is 5. The summed E-state index contributed by atoms with van der Waals surface area (Å²) in [6.07, 6.45) is 13.4. The minimum absolute atomic E-state index is 0.235. The Hall–Kier alpha value is -0.720. The van der Waals surface area contributed by atoms with Crippen LogP contribution in [0, 0.1) is 17.8 Å². The Morgan fingerprint density at radius 1 is 1.30 bits per heavy atom. The van der Waals surface area contributed by atoms with Crippen LogP contribution in [0.15, 0.2) is 23.8 Å². The zero-order valence-corrected chi connectivity index (χ0v) is 19.2. The first kappa shape index (κ1) is 23.9. The number of fused-ring (bicyclic) bond motifs is 1. The molecule has 0 bridgehead atoms. The summed E-state index contributed by atoms with van der Waals surface area (Å²) in [6.45, 7) is 11.1. The monoisotopic (exact) mass is 420 g/mol. The summed E-state index contributed by atoms with van der Waals surface area (Å²) in [5, 5.41) is 24.6. The highest BCUT2D eigenvalue weighted by molar-refractivity contribution is 5.21. The molecular weight excluding hydrogens is 376 g/mol. The quantitative estimate of drug-likeness (QED) is 0.334. The van der Waals surface area contributed by atoms with E-state index in [1.165, 1.54) is 0 Å². The van der Waals surface area contributed by atoms with Crippen molar-refractivity contribution in [3.8, 4) is 0 Å². The number of rotatable bonds is 12. The number of allylic oxidation sites excluding steroid dienone is 1. The van der Waals surface area contributed by atoms with Gasteiger partial charge in [0.25, 0.3) is 0 Å². The van der Waals surface area contributed by atoms with E-state index in [1.54, 1.807) is 5.57 Å². The van der Waals surface area contributed by atoms with Crippen LogP contribution in [0.2, 0.25) is 0 Å². The third kappa shape index (κ3) is 7.16. The van der Waals surface area contributed by atoms with Crippen LogP contribution < -0.4 is 5.32 Å². The molecule has 0 spiro atoms. The Labute approximate surface area is 183 Å². The Balaban J connectivity index is 1.36. The van der Waals surface area contributed by atoms with Gasteiger partial charge in [0, 0.05) is 32.1 Å². The first-order chi connectivity index (χ1) is 14.5. The van der Waals surface area contributed by atoms with Gasteiger partial charge in [-0.05, 0) is 57.4 Å². The van der Waals surface area contributed by atoms with Crippen LogP contribution in [0.25, 0.3) is 0 Å². The highest BCUT2D eigenvalue weighted by Crippen LogP contribution is 2.47. The second kappa shape index (κ2) is 11.8. The lowest BCUT2D eigenvalue weighted by molar-refractivity contribution is 0.0384. The Morgan fingerprint density at radius 2 is 2.10 bits per heavy atom. The van der Waals surface area contributed by atoms with E-state index in [0.29, 0.717) is 18.3 Å². The van der Waals surface area contributed by atoms with E-state index in [-0.39, 0.29) is 12.0 Å². The molecule has 5 nitrogen and oxygen atoms in total. The molecule has 0 aromatic rings. The smallest absolute Gasteiger partial charge is 0.0654 e. The summed E-state index contributed by atoms with van der Waals surface area (Å²) in [6, 6.07) is 0.